The smallest absolute Gasteiger partial charge is 0.274 e. The van der Waals surface area contributed by atoms with E-state index >= 15 is 0 Å². The van der Waals surface area contributed by atoms with E-state index in [2.05, 4.69) is 15.5 Å². The van der Waals surface area contributed by atoms with Crippen LogP contribution in [0.5, 0.6) is 5.75 Å². The van der Waals surface area contributed by atoms with E-state index in [1.54, 1.807) is 30.7 Å². The largest absolute Gasteiger partial charge is 0.497 e. The molecule has 1 heterocycles. The highest BCUT2D eigenvalue weighted by atomic mass is 32.2. The quantitative estimate of drug-likeness (QED) is 0.359. The number of anilines is 1. The number of hydrogen-bond acceptors (Lipinski definition) is 7. The summed E-state index contributed by atoms with van der Waals surface area (Å²) in [7, 11) is 3.43. The number of hydrogen-bond donors (Lipinski definition) is 1. The molecule has 29 heavy (non-hydrogen) atoms. The highest BCUT2D eigenvalue weighted by molar-refractivity contribution is 7.99. The Balaban J connectivity index is 1.64. The molecule has 0 saturated heterocycles. The average molecular weight is 413 g/mol. The molecule has 0 fully saturated rings. The molecule has 0 saturated carbocycles. The van der Waals surface area contributed by atoms with Gasteiger partial charge < -0.3 is 14.6 Å². The van der Waals surface area contributed by atoms with E-state index in [-0.39, 0.29) is 17.3 Å². The van der Waals surface area contributed by atoms with Crippen molar-refractivity contribution in [2.45, 2.75) is 12.1 Å². The highest BCUT2D eigenvalue weighted by Gasteiger charge is 2.15. The number of nitrogens with zero attached hydrogens (tertiary/aromatic N) is 4. The molecule has 9 nitrogen and oxygen atoms in total. The van der Waals surface area contributed by atoms with Crippen molar-refractivity contribution in [1.82, 2.24) is 14.8 Å². The molecule has 2 aromatic carbocycles. The predicted octanol–water partition coefficient (Wildman–Crippen LogP) is 3.44. The summed E-state index contributed by atoms with van der Waals surface area (Å²) in [6, 6.07) is 12.0. The van der Waals surface area contributed by atoms with Gasteiger partial charge in [0.15, 0.2) is 11.0 Å². The molecule has 150 valence electrons. The van der Waals surface area contributed by atoms with Crippen LogP contribution in [0.4, 0.5) is 11.4 Å². The van der Waals surface area contributed by atoms with E-state index in [0.717, 1.165) is 11.3 Å². The summed E-state index contributed by atoms with van der Waals surface area (Å²) in [5.41, 5.74) is 1.76. The molecule has 10 heteroatoms. The molecular weight excluding hydrogens is 394 g/mol. The van der Waals surface area contributed by atoms with Gasteiger partial charge in [0.25, 0.3) is 5.69 Å². The summed E-state index contributed by atoms with van der Waals surface area (Å²) in [5.74, 6) is 1.22. The number of rotatable bonds is 7. The minimum absolute atomic E-state index is 0.0344. The number of carbonyl (C=O) groups excluding carboxylic acids is 1. The number of thioether (sulfide) groups is 1. The van der Waals surface area contributed by atoms with Gasteiger partial charge in [-0.3, -0.25) is 14.9 Å². The second-order valence-electron chi connectivity index (χ2n) is 6.19. The van der Waals surface area contributed by atoms with Crippen LogP contribution in [0.1, 0.15) is 5.56 Å². The molecule has 3 rings (SSSR count). The molecule has 0 bridgehead atoms. The monoisotopic (exact) mass is 413 g/mol. The first-order chi connectivity index (χ1) is 13.9. The van der Waals surface area contributed by atoms with Crippen LogP contribution < -0.4 is 10.1 Å². The highest BCUT2D eigenvalue weighted by Crippen LogP contribution is 2.25. The van der Waals surface area contributed by atoms with Gasteiger partial charge in [0.2, 0.25) is 5.91 Å². The number of nitro groups is 1. The first-order valence-corrected chi connectivity index (χ1v) is 9.59. The number of benzene rings is 2. The molecule has 1 amide bonds. The summed E-state index contributed by atoms with van der Waals surface area (Å²) < 4.78 is 6.95. The second kappa shape index (κ2) is 8.74. The molecule has 0 aliphatic heterocycles. The Morgan fingerprint density at radius 2 is 1.97 bits per heavy atom. The summed E-state index contributed by atoms with van der Waals surface area (Å²) in [4.78, 5) is 22.8. The zero-order valence-electron chi connectivity index (χ0n) is 16.1. The normalized spacial score (nSPS) is 10.6. The number of nitrogens with one attached hydrogen (secondary N) is 1. The lowest BCUT2D eigenvalue weighted by Crippen LogP contribution is -2.14. The topological polar surface area (TPSA) is 112 Å². The lowest BCUT2D eigenvalue weighted by atomic mass is 10.2. The van der Waals surface area contributed by atoms with E-state index < -0.39 is 4.92 Å². The fraction of sp³-hybridized carbons (Fsp3) is 0.211. The molecule has 0 aliphatic rings. The maximum atomic E-state index is 12.2. The summed E-state index contributed by atoms with van der Waals surface area (Å²) in [6.07, 6.45) is 0. The number of aryl methyl sites for hydroxylation is 1. The van der Waals surface area contributed by atoms with E-state index in [1.165, 1.54) is 17.8 Å². The fourth-order valence-electron chi connectivity index (χ4n) is 2.64. The third-order valence-electron chi connectivity index (χ3n) is 4.21. The molecular formula is C19H19N5O4S. The van der Waals surface area contributed by atoms with Crippen molar-refractivity contribution in [3.8, 4) is 17.1 Å². The first kappa shape index (κ1) is 20.3. The van der Waals surface area contributed by atoms with Gasteiger partial charge in [-0.15, -0.1) is 10.2 Å². The number of aromatic nitrogens is 3. The van der Waals surface area contributed by atoms with Crippen LogP contribution in [0.2, 0.25) is 0 Å². The van der Waals surface area contributed by atoms with Gasteiger partial charge in [-0.1, -0.05) is 17.8 Å². The number of nitro benzene ring substituents is 1. The number of amides is 1. The average Bonchev–Trinajstić information content (AvgIpc) is 3.08. The van der Waals surface area contributed by atoms with Crippen molar-refractivity contribution >= 4 is 29.0 Å². The predicted molar refractivity (Wildman–Crippen MR) is 110 cm³/mol. The maximum Gasteiger partial charge on any atom is 0.274 e. The zero-order chi connectivity index (χ0) is 21.0. The fourth-order valence-corrected chi connectivity index (χ4v) is 3.35. The van der Waals surface area contributed by atoms with Crippen molar-refractivity contribution in [2.24, 2.45) is 7.05 Å². The molecule has 0 spiro atoms. The lowest BCUT2D eigenvalue weighted by molar-refractivity contribution is -0.385. The Hall–Kier alpha value is -3.40. The van der Waals surface area contributed by atoms with Crippen molar-refractivity contribution in [3.63, 3.8) is 0 Å². The molecule has 0 atom stereocenters. The van der Waals surface area contributed by atoms with Gasteiger partial charge in [0.05, 0.1) is 17.8 Å². The Labute approximate surface area is 171 Å². The second-order valence-corrected chi connectivity index (χ2v) is 7.13. The van der Waals surface area contributed by atoms with Gasteiger partial charge in [-0.25, -0.2) is 0 Å². The van der Waals surface area contributed by atoms with E-state index in [0.29, 0.717) is 22.2 Å². The van der Waals surface area contributed by atoms with E-state index in [1.807, 2.05) is 31.3 Å². The third-order valence-corrected chi connectivity index (χ3v) is 5.23. The zero-order valence-corrected chi connectivity index (χ0v) is 16.9. The van der Waals surface area contributed by atoms with Crippen molar-refractivity contribution in [2.75, 3.05) is 18.2 Å². The van der Waals surface area contributed by atoms with Crippen LogP contribution in [-0.4, -0.2) is 38.5 Å². The van der Waals surface area contributed by atoms with Crippen LogP contribution in [0, 0.1) is 17.0 Å². The lowest BCUT2D eigenvalue weighted by Gasteiger charge is -2.07. The summed E-state index contributed by atoms with van der Waals surface area (Å²) >= 11 is 1.23. The van der Waals surface area contributed by atoms with Crippen LogP contribution in [0.15, 0.2) is 47.6 Å². The van der Waals surface area contributed by atoms with E-state index in [9.17, 15) is 14.9 Å². The van der Waals surface area contributed by atoms with Gasteiger partial charge in [0, 0.05) is 29.9 Å². The van der Waals surface area contributed by atoms with Crippen LogP contribution in [-0.2, 0) is 11.8 Å². The summed E-state index contributed by atoms with van der Waals surface area (Å²) in [6.45, 7) is 1.65. The van der Waals surface area contributed by atoms with Gasteiger partial charge >= 0.3 is 0 Å². The standard InChI is InChI=1S/C19H19N5O4S/c1-12-4-7-14(10-16(12)24(26)27)20-17(25)11-29-19-22-21-18(23(19)2)13-5-8-15(28-3)9-6-13/h4-10H,11H2,1-3H3,(H,20,25). The van der Waals surface area contributed by atoms with Crippen molar-refractivity contribution < 1.29 is 14.5 Å². The third kappa shape index (κ3) is 4.72. The Morgan fingerprint density at radius 3 is 2.62 bits per heavy atom. The van der Waals surface area contributed by atoms with Gasteiger partial charge in [-0.05, 0) is 37.3 Å². The number of carbonyl (C=O) groups is 1. The summed E-state index contributed by atoms with van der Waals surface area (Å²) in [5, 5.41) is 22.6. The van der Waals surface area contributed by atoms with E-state index in [4.69, 9.17) is 4.74 Å². The Morgan fingerprint density at radius 1 is 1.24 bits per heavy atom. The molecule has 1 N–H and O–H groups in total. The van der Waals surface area contributed by atoms with Crippen molar-refractivity contribution in [3.05, 3.63) is 58.1 Å². The number of ether oxygens (including phenoxy) is 1. The minimum atomic E-state index is -0.472. The SMILES string of the molecule is COc1ccc(-c2nnc(SCC(=O)Nc3ccc(C)c([N+](=O)[O-])c3)n2C)cc1. The Kier molecular flexibility index (Phi) is 6.13. The number of methoxy groups -OCH3 is 1. The first-order valence-electron chi connectivity index (χ1n) is 8.60. The van der Waals surface area contributed by atoms with Crippen LogP contribution in [0.25, 0.3) is 11.4 Å². The van der Waals surface area contributed by atoms with Gasteiger partial charge in [-0.2, -0.15) is 0 Å². The van der Waals surface area contributed by atoms with Crippen LogP contribution >= 0.6 is 11.8 Å². The molecule has 0 radical (unpaired) electrons. The van der Waals surface area contributed by atoms with Crippen LogP contribution in [0.3, 0.4) is 0 Å². The van der Waals surface area contributed by atoms with Crippen molar-refractivity contribution in [1.29, 1.82) is 0 Å². The molecule has 0 aliphatic carbocycles. The molecule has 3 aromatic rings. The van der Waals surface area contributed by atoms with Gasteiger partial charge in [0.1, 0.15) is 5.75 Å². The Bertz CT molecular complexity index is 1050. The maximum absolute atomic E-state index is 12.2. The molecule has 1 aromatic heterocycles. The molecule has 0 unspecified atom stereocenters. The minimum Gasteiger partial charge on any atom is -0.497 e.